The molecule has 28 heavy (non-hydrogen) atoms. The van der Waals surface area contributed by atoms with Crippen LogP contribution in [0.4, 0.5) is 0 Å². The minimum atomic E-state index is -4.52. The van der Waals surface area contributed by atoms with Gasteiger partial charge in [0, 0.05) is 6.61 Å². The topological polar surface area (TPSA) is 96.2 Å². The summed E-state index contributed by atoms with van der Waals surface area (Å²) < 4.78 is 20.0. The van der Waals surface area contributed by atoms with Crippen molar-refractivity contribution in [3.05, 3.63) is 12.2 Å². The molecule has 6 nitrogen and oxygen atoms in total. The maximum atomic E-state index is 10.5. The van der Waals surface area contributed by atoms with E-state index in [1.807, 2.05) is 0 Å². The molecule has 0 aliphatic carbocycles. The van der Waals surface area contributed by atoms with Gasteiger partial charge in [0.25, 0.3) is 0 Å². The molecule has 3 N–H and O–H groups in total. The largest absolute Gasteiger partial charge is 0.469 e. The molecule has 0 aliphatic rings. The Balaban J connectivity index is 3.21. The van der Waals surface area contributed by atoms with Crippen molar-refractivity contribution < 1.29 is 28.7 Å². The van der Waals surface area contributed by atoms with Gasteiger partial charge in [-0.1, -0.05) is 76.9 Å². The van der Waals surface area contributed by atoms with Gasteiger partial charge in [-0.05, 0) is 32.1 Å². The Hall–Kier alpha value is -0.230. The lowest BCUT2D eigenvalue weighted by atomic mass is 10.1. The van der Waals surface area contributed by atoms with E-state index < -0.39 is 20.5 Å². The molecular formula is C21H43O6P. The molecule has 168 valence electrons. The van der Waals surface area contributed by atoms with Gasteiger partial charge in [-0.25, -0.2) is 4.57 Å². The lowest BCUT2D eigenvalue weighted by Crippen LogP contribution is -2.21. The zero-order chi connectivity index (χ0) is 20.9. The number of hydrogen-bond acceptors (Lipinski definition) is 4. The lowest BCUT2D eigenvalue weighted by Gasteiger charge is -2.12. The Morgan fingerprint density at radius 2 is 1.29 bits per heavy atom. The van der Waals surface area contributed by atoms with Crippen LogP contribution >= 0.6 is 7.82 Å². The van der Waals surface area contributed by atoms with Crippen LogP contribution in [0.25, 0.3) is 0 Å². The monoisotopic (exact) mass is 422 g/mol. The average Bonchev–Trinajstić information content (AvgIpc) is 2.65. The summed E-state index contributed by atoms with van der Waals surface area (Å²) in [5.41, 5.74) is 0. The highest BCUT2D eigenvalue weighted by molar-refractivity contribution is 7.46. The normalized spacial score (nSPS) is 13.4. The van der Waals surface area contributed by atoms with Crippen molar-refractivity contribution in [2.24, 2.45) is 0 Å². The molecule has 0 radical (unpaired) electrons. The summed E-state index contributed by atoms with van der Waals surface area (Å²) in [5, 5.41) is 9.45. The highest BCUT2D eigenvalue weighted by Crippen LogP contribution is 2.35. The van der Waals surface area contributed by atoms with Crippen LogP contribution < -0.4 is 0 Å². The Bertz CT molecular complexity index is 396. The summed E-state index contributed by atoms with van der Waals surface area (Å²) in [7, 11) is -4.52. The minimum absolute atomic E-state index is 0.0328. The van der Waals surface area contributed by atoms with Crippen molar-refractivity contribution >= 4 is 7.82 Å². The number of aliphatic hydroxyl groups is 1. The number of aliphatic hydroxyl groups excluding tert-OH is 1. The summed E-state index contributed by atoms with van der Waals surface area (Å²) in [5.74, 6) is 0. The van der Waals surface area contributed by atoms with Crippen molar-refractivity contribution in [2.75, 3.05) is 19.8 Å². The molecule has 0 unspecified atom stereocenters. The van der Waals surface area contributed by atoms with Crippen LogP contribution in [0.5, 0.6) is 0 Å². The number of hydrogen-bond donors (Lipinski definition) is 3. The van der Waals surface area contributed by atoms with Crippen LogP contribution in [-0.2, 0) is 13.8 Å². The fourth-order valence-electron chi connectivity index (χ4n) is 2.90. The molecule has 0 bridgehead atoms. The van der Waals surface area contributed by atoms with Gasteiger partial charge in [0.2, 0.25) is 0 Å². The molecule has 0 heterocycles. The van der Waals surface area contributed by atoms with Crippen LogP contribution in [0.15, 0.2) is 12.2 Å². The number of ether oxygens (including phenoxy) is 1. The highest BCUT2D eigenvalue weighted by Gasteiger charge is 2.16. The van der Waals surface area contributed by atoms with E-state index in [1.54, 1.807) is 0 Å². The predicted octanol–water partition coefficient (Wildman–Crippen LogP) is 5.51. The summed E-state index contributed by atoms with van der Waals surface area (Å²) in [6, 6.07) is 0. The molecule has 0 rings (SSSR count). The first kappa shape index (κ1) is 27.8. The van der Waals surface area contributed by atoms with Crippen LogP contribution in [-0.4, -0.2) is 40.8 Å². The third kappa shape index (κ3) is 23.8. The zero-order valence-electron chi connectivity index (χ0n) is 17.8. The quantitative estimate of drug-likeness (QED) is 0.128. The summed E-state index contributed by atoms with van der Waals surface area (Å²) in [6.07, 6.45) is 21.2. The third-order valence-electron chi connectivity index (χ3n) is 4.55. The molecule has 0 spiro atoms. The molecule has 0 aliphatic heterocycles. The molecule has 0 amide bonds. The van der Waals surface area contributed by atoms with Gasteiger partial charge in [0.1, 0.15) is 6.10 Å². The van der Waals surface area contributed by atoms with E-state index >= 15 is 0 Å². The van der Waals surface area contributed by atoms with Crippen molar-refractivity contribution in [3.63, 3.8) is 0 Å². The second kappa shape index (κ2) is 20.1. The van der Waals surface area contributed by atoms with E-state index in [-0.39, 0.29) is 6.61 Å². The second-order valence-electron chi connectivity index (χ2n) is 7.45. The number of phosphoric acid groups is 1. The zero-order valence-corrected chi connectivity index (χ0v) is 18.7. The van der Waals surface area contributed by atoms with E-state index in [2.05, 4.69) is 23.6 Å². The summed E-state index contributed by atoms with van der Waals surface area (Å²) in [6.45, 7) is 2.42. The molecule has 0 fully saturated rings. The molecule has 0 saturated heterocycles. The fraction of sp³-hybridized carbons (Fsp3) is 0.905. The average molecular weight is 423 g/mol. The molecule has 7 heteroatoms. The van der Waals surface area contributed by atoms with Crippen molar-refractivity contribution in [3.8, 4) is 0 Å². The maximum Gasteiger partial charge on any atom is 0.469 e. The number of unbranched alkanes of at least 4 members (excludes halogenated alkanes) is 12. The number of allylic oxidation sites excluding steroid dienone is 2. The van der Waals surface area contributed by atoms with Gasteiger partial charge in [0.05, 0.1) is 13.2 Å². The van der Waals surface area contributed by atoms with E-state index in [9.17, 15) is 9.67 Å². The van der Waals surface area contributed by atoms with Crippen LogP contribution in [0.1, 0.15) is 96.8 Å². The van der Waals surface area contributed by atoms with Gasteiger partial charge >= 0.3 is 7.82 Å². The predicted molar refractivity (Wildman–Crippen MR) is 114 cm³/mol. The van der Waals surface area contributed by atoms with Gasteiger partial charge in [0.15, 0.2) is 0 Å². The van der Waals surface area contributed by atoms with Gasteiger partial charge in [-0.2, -0.15) is 0 Å². The van der Waals surface area contributed by atoms with Gasteiger partial charge in [-0.15, -0.1) is 0 Å². The first-order chi connectivity index (χ1) is 13.5. The first-order valence-corrected chi connectivity index (χ1v) is 12.6. The second-order valence-corrected chi connectivity index (χ2v) is 8.69. The molecule has 0 aromatic carbocycles. The lowest BCUT2D eigenvalue weighted by molar-refractivity contribution is 0.00476. The van der Waals surface area contributed by atoms with E-state index in [1.165, 1.54) is 77.0 Å². The standard InChI is InChI=1S/C21H43O6P/c1-2-3-4-5-6-7-8-9-10-11-12-13-14-15-16-17-18-26-19-21(22)20-27-28(23,24)25/h9-10,21-22H,2-8,11-20H2,1H3,(H2,23,24,25)/b10-9-/t21-/m1/s1. The first-order valence-electron chi connectivity index (χ1n) is 11.1. The van der Waals surface area contributed by atoms with E-state index in [0.29, 0.717) is 6.61 Å². The smallest absolute Gasteiger partial charge is 0.388 e. The molecule has 0 aromatic rings. The summed E-state index contributed by atoms with van der Waals surface area (Å²) in [4.78, 5) is 17.1. The molecule has 0 aromatic heterocycles. The highest BCUT2D eigenvalue weighted by atomic mass is 31.2. The van der Waals surface area contributed by atoms with E-state index in [4.69, 9.17) is 14.5 Å². The number of phosphoric ester groups is 1. The van der Waals surface area contributed by atoms with Crippen LogP contribution in [0, 0.1) is 0 Å². The molecule has 0 saturated carbocycles. The fourth-order valence-corrected chi connectivity index (χ4v) is 3.27. The van der Waals surface area contributed by atoms with Gasteiger partial charge < -0.3 is 19.6 Å². The Morgan fingerprint density at radius 1 is 0.786 bits per heavy atom. The van der Waals surface area contributed by atoms with Crippen LogP contribution in [0.3, 0.4) is 0 Å². The van der Waals surface area contributed by atoms with Crippen molar-refractivity contribution in [1.82, 2.24) is 0 Å². The third-order valence-corrected chi connectivity index (χ3v) is 5.03. The number of rotatable bonds is 21. The van der Waals surface area contributed by atoms with Gasteiger partial charge in [-0.3, -0.25) is 4.52 Å². The van der Waals surface area contributed by atoms with Crippen molar-refractivity contribution in [2.45, 2.75) is 103 Å². The van der Waals surface area contributed by atoms with Crippen molar-refractivity contribution in [1.29, 1.82) is 0 Å². The molecular weight excluding hydrogens is 379 g/mol. The molecule has 1 atom stereocenters. The SMILES string of the molecule is CCCCCCCC/C=C\CCCCCCCCOC[C@@H](O)COP(=O)(O)O. The van der Waals surface area contributed by atoms with Crippen LogP contribution in [0.2, 0.25) is 0 Å². The Kier molecular flexibility index (Phi) is 19.9. The maximum absolute atomic E-state index is 10.5. The summed E-state index contributed by atoms with van der Waals surface area (Å²) >= 11 is 0. The Morgan fingerprint density at radius 3 is 1.82 bits per heavy atom. The minimum Gasteiger partial charge on any atom is -0.388 e. The van der Waals surface area contributed by atoms with E-state index in [0.717, 1.165) is 12.8 Å². The Labute approximate surface area is 172 Å².